The summed E-state index contributed by atoms with van der Waals surface area (Å²) in [7, 11) is 0. The van der Waals surface area contributed by atoms with Crippen LogP contribution in [0.25, 0.3) is 0 Å². The van der Waals surface area contributed by atoms with Crippen molar-refractivity contribution in [3.63, 3.8) is 0 Å². The molecule has 0 bridgehead atoms. The highest BCUT2D eigenvalue weighted by Gasteiger charge is 2.26. The van der Waals surface area contributed by atoms with Gasteiger partial charge in [0, 0.05) is 18.8 Å². The Morgan fingerprint density at radius 2 is 1.89 bits per heavy atom. The van der Waals surface area contributed by atoms with Crippen molar-refractivity contribution in [2.75, 3.05) is 0 Å². The van der Waals surface area contributed by atoms with Crippen molar-refractivity contribution < 1.29 is 4.79 Å². The van der Waals surface area contributed by atoms with Crippen LogP contribution in [0.1, 0.15) is 47.0 Å². The lowest BCUT2D eigenvalue weighted by molar-refractivity contribution is -0.123. The number of rotatable bonds is 1. The zero-order valence-electron chi connectivity index (χ0n) is 11.7. The standard InChI is InChI=1S/C17H20O/c1-14-8-5-6-12-17(4,16(3)18)13-11-15(2)10-7-9-14/h14-15H,6,9,12H2,1-4H3. The summed E-state index contributed by atoms with van der Waals surface area (Å²) in [5.41, 5.74) is -0.576. The Morgan fingerprint density at radius 3 is 2.56 bits per heavy atom. The predicted molar refractivity (Wildman–Crippen MR) is 74.3 cm³/mol. The second-order valence-electron chi connectivity index (χ2n) is 5.13. The second kappa shape index (κ2) is 6.33. The molecule has 0 aliphatic heterocycles. The largest absolute Gasteiger partial charge is 0.298 e. The SMILES string of the molecule is CC(=O)C1(C)C#CC(C)C#CCC(C)C#CCC1. The third-order valence-electron chi connectivity index (χ3n) is 3.17. The van der Waals surface area contributed by atoms with Crippen molar-refractivity contribution in [3.8, 4) is 35.5 Å². The van der Waals surface area contributed by atoms with Gasteiger partial charge in [0.15, 0.2) is 0 Å². The third-order valence-corrected chi connectivity index (χ3v) is 3.17. The molecular weight excluding hydrogens is 220 g/mol. The molecule has 0 aromatic carbocycles. The highest BCUT2D eigenvalue weighted by Crippen LogP contribution is 2.23. The van der Waals surface area contributed by atoms with Crippen LogP contribution in [0.15, 0.2) is 0 Å². The number of carbonyl (C=O) groups excluding carboxylic acids is 1. The molecule has 0 N–H and O–H groups in total. The van der Waals surface area contributed by atoms with Crippen LogP contribution in [0.4, 0.5) is 0 Å². The fourth-order valence-corrected chi connectivity index (χ4v) is 1.61. The second-order valence-corrected chi connectivity index (χ2v) is 5.13. The van der Waals surface area contributed by atoms with Crippen LogP contribution in [0.5, 0.6) is 0 Å². The average Bonchev–Trinajstić information content (AvgIpc) is 2.30. The molecule has 0 spiro atoms. The molecule has 18 heavy (non-hydrogen) atoms. The molecule has 0 radical (unpaired) electrons. The average molecular weight is 240 g/mol. The molecule has 0 aromatic heterocycles. The third kappa shape index (κ3) is 4.31. The van der Waals surface area contributed by atoms with Crippen LogP contribution >= 0.6 is 0 Å². The van der Waals surface area contributed by atoms with Crippen molar-refractivity contribution in [3.05, 3.63) is 0 Å². The highest BCUT2D eigenvalue weighted by atomic mass is 16.1. The van der Waals surface area contributed by atoms with E-state index in [0.717, 1.165) is 12.8 Å². The van der Waals surface area contributed by atoms with Crippen LogP contribution in [0.3, 0.4) is 0 Å². The number of ketones is 1. The number of carbonyl (C=O) groups is 1. The maximum absolute atomic E-state index is 11.7. The minimum absolute atomic E-state index is 0.0169. The van der Waals surface area contributed by atoms with E-state index < -0.39 is 5.41 Å². The fourth-order valence-electron chi connectivity index (χ4n) is 1.61. The van der Waals surface area contributed by atoms with Gasteiger partial charge in [-0.3, -0.25) is 4.79 Å². The minimum Gasteiger partial charge on any atom is -0.298 e. The van der Waals surface area contributed by atoms with Gasteiger partial charge < -0.3 is 0 Å². The fraction of sp³-hybridized carbons (Fsp3) is 0.588. The smallest absolute Gasteiger partial charge is 0.147 e. The van der Waals surface area contributed by atoms with E-state index >= 15 is 0 Å². The molecule has 1 nitrogen and oxygen atoms in total. The van der Waals surface area contributed by atoms with Crippen LogP contribution in [-0.4, -0.2) is 5.78 Å². The molecule has 1 aliphatic rings. The van der Waals surface area contributed by atoms with Crippen LogP contribution in [0, 0.1) is 52.8 Å². The summed E-state index contributed by atoms with van der Waals surface area (Å²) in [5.74, 6) is 19.2. The molecule has 0 heterocycles. The van der Waals surface area contributed by atoms with Gasteiger partial charge in [-0.05, 0) is 27.2 Å². The molecule has 0 saturated heterocycles. The summed E-state index contributed by atoms with van der Waals surface area (Å²) in [4.78, 5) is 11.7. The van der Waals surface area contributed by atoms with E-state index in [1.54, 1.807) is 6.92 Å². The molecule has 0 saturated carbocycles. The van der Waals surface area contributed by atoms with Crippen molar-refractivity contribution in [2.24, 2.45) is 17.3 Å². The van der Waals surface area contributed by atoms with E-state index in [0.29, 0.717) is 12.3 Å². The zero-order valence-corrected chi connectivity index (χ0v) is 11.7. The quantitative estimate of drug-likeness (QED) is 0.644. The van der Waals surface area contributed by atoms with Gasteiger partial charge in [0.2, 0.25) is 0 Å². The van der Waals surface area contributed by atoms with Gasteiger partial charge in [0.05, 0.1) is 11.3 Å². The van der Waals surface area contributed by atoms with Crippen molar-refractivity contribution >= 4 is 5.78 Å². The first-order valence-electron chi connectivity index (χ1n) is 6.44. The predicted octanol–water partition coefficient (Wildman–Crippen LogP) is 3.05. The molecule has 0 fully saturated rings. The molecule has 1 rings (SSSR count). The summed E-state index contributed by atoms with van der Waals surface area (Å²) < 4.78 is 0. The molecule has 94 valence electrons. The summed E-state index contributed by atoms with van der Waals surface area (Å²) >= 11 is 0. The molecular formula is C17H20O. The van der Waals surface area contributed by atoms with Gasteiger partial charge in [-0.2, -0.15) is 0 Å². The monoisotopic (exact) mass is 240 g/mol. The van der Waals surface area contributed by atoms with E-state index in [9.17, 15) is 4.79 Å². The van der Waals surface area contributed by atoms with Crippen molar-refractivity contribution in [1.82, 2.24) is 0 Å². The van der Waals surface area contributed by atoms with Gasteiger partial charge in [0.1, 0.15) is 5.78 Å². The first-order valence-corrected chi connectivity index (χ1v) is 6.44. The Balaban J connectivity index is 3.03. The van der Waals surface area contributed by atoms with Crippen molar-refractivity contribution in [1.29, 1.82) is 0 Å². The topological polar surface area (TPSA) is 17.1 Å². The first-order chi connectivity index (χ1) is 8.44. The van der Waals surface area contributed by atoms with Crippen LogP contribution < -0.4 is 0 Å². The lowest BCUT2D eigenvalue weighted by atomic mass is 9.82. The number of Topliss-reactive ketones (excluding diaryl/α,β-unsaturated/α-hetero) is 1. The lowest BCUT2D eigenvalue weighted by Crippen LogP contribution is -2.23. The molecule has 3 atom stereocenters. The van der Waals surface area contributed by atoms with Gasteiger partial charge in [0.25, 0.3) is 0 Å². The minimum atomic E-state index is -0.576. The Kier molecular flexibility index (Phi) is 5.07. The Hall–Kier alpha value is -1.65. The maximum atomic E-state index is 11.7. The number of hydrogen-bond donors (Lipinski definition) is 0. The summed E-state index contributed by atoms with van der Waals surface area (Å²) in [6.45, 7) is 7.56. The Labute approximate surface area is 111 Å². The van der Waals surface area contributed by atoms with Gasteiger partial charge >= 0.3 is 0 Å². The molecule has 0 amide bonds. The van der Waals surface area contributed by atoms with E-state index in [1.807, 2.05) is 13.8 Å². The van der Waals surface area contributed by atoms with Crippen LogP contribution in [-0.2, 0) is 4.79 Å². The number of hydrogen-bond acceptors (Lipinski definition) is 1. The molecule has 1 aliphatic carbocycles. The van der Waals surface area contributed by atoms with Gasteiger partial charge in [-0.15, -0.1) is 11.8 Å². The highest BCUT2D eigenvalue weighted by molar-refractivity contribution is 5.85. The van der Waals surface area contributed by atoms with E-state index in [2.05, 4.69) is 42.4 Å². The van der Waals surface area contributed by atoms with E-state index in [4.69, 9.17) is 0 Å². The molecule has 1 heteroatoms. The Morgan fingerprint density at radius 1 is 1.17 bits per heavy atom. The van der Waals surface area contributed by atoms with Crippen LogP contribution in [0.2, 0.25) is 0 Å². The summed E-state index contributed by atoms with van der Waals surface area (Å²) in [6.07, 6.45) is 2.22. The molecule has 3 unspecified atom stereocenters. The maximum Gasteiger partial charge on any atom is 0.147 e. The van der Waals surface area contributed by atoms with Gasteiger partial charge in [-0.1, -0.05) is 30.6 Å². The molecule has 0 aromatic rings. The first kappa shape index (κ1) is 14.4. The summed E-state index contributed by atoms with van der Waals surface area (Å²) in [6, 6.07) is 0. The van der Waals surface area contributed by atoms with E-state index in [-0.39, 0.29) is 11.7 Å². The van der Waals surface area contributed by atoms with E-state index in [1.165, 1.54) is 0 Å². The Bertz CT molecular complexity index is 495. The zero-order chi connectivity index (χ0) is 13.6. The lowest BCUT2D eigenvalue weighted by Gasteiger charge is -2.18. The summed E-state index contributed by atoms with van der Waals surface area (Å²) in [5, 5.41) is 0. The normalized spacial score (nSPS) is 31.1. The van der Waals surface area contributed by atoms with Crippen molar-refractivity contribution in [2.45, 2.75) is 47.0 Å². The van der Waals surface area contributed by atoms with Gasteiger partial charge in [-0.25, -0.2) is 0 Å².